The summed E-state index contributed by atoms with van der Waals surface area (Å²) in [5.74, 6) is -0.110. The fourth-order valence-electron chi connectivity index (χ4n) is 3.03. The fourth-order valence-corrected chi connectivity index (χ4v) is 3.85. The Bertz CT molecular complexity index is 1230. The molecule has 0 aliphatic heterocycles. The Hall–Kier alpha value is -3.57. The maximum absolute atomic E-state index is 10.9. The van der Waals surface area contributed by atoms with E-state index >= 15 is 0 Å². The summed E-state index contributed by atoms with van der Waals surface area (Å²) in [5, 5.41) is 10.1. The summed E-state index contributed by atoms with van der Waals surface area (Å²) >= 11 is 1.64. The summed E-state index contributed by atoms with van der Waals surface area (Å²) in [6, 6.07) is 27.9. The molecule has 0 bridgehead atoms. The summed E-state index contributed by atoms with van der Waals surface area (Å²) in [4.78, 5) is 17.7. The number of carbonyl (C=O) groups is 1. The highest BCUT2D eigenvalue weighted by Gasteiger charge is 2.03. The second kappa shape index (κ2) is 9.49. The van der Waals surface area contributed by atoms with Gasteiger partial charge >= 0.3 is 5.97 Å². The van der Waals surface area contributed by atoms with Gasteiger partial charge in [-0.15, -0.1) is 0 Å². The van der Waals surface area contributed by atoms with E-state index in [0.717, 1.165) is 37.7 Å². The number of rotatable bonds is 7. The van der Waals surface area contributed by atoms with E-state index < -0.39 is 5.97 Å². The molecule has 0 spiro atoms. The summed E-state index contributed by atoms with van der Waals surface area (Å²) in [6.07, 6.45) is 1.66. The number of carboxylic acid groups (broad SMARTS) is 1. The molecule has 0 aliphatic rings. The predicted octanol–water partition coefficient (Wildman–Crippen LogP) is 6.45. The highest BCUT2D eigenvalue weighted by atomic mass is 32.2. The van der Waals surface area contributed by atoms with Crippen molar-refractivity contribution in [3.63, 3.8) is 0 Å². The van der Waals surface area contributed by atoms with E-state index in [1.54, 1.807) is 24.8 Å². The minimum Gasteiger partial charge on any atom is -0.487 e. The summed E-state index contributed by atoms with van der Waals surface area (Å²) in [5.41, 5.74) is 3.05. The second-order valence-corrected chi connectivity index (χ2v) is 8.21. The van der Waals surface area contributed by atoms with E-state index in [9.17, 15) is 4.79 Å². The van der Waals surface area contributed by atoms with Gasteiger partial charge < -0.3 is 9.84 Å². The van der Waals surface area contributed by atoms with Crippen molar-refractivity contribution in [2.75, 3.05) is 0 Å². The van der Waals surface area contributed by atoms with Crippen molar-refractivity contribution in [1.29, 1.82) is 0 Å². The summed E-state index contributed by atoms with van der Waals surface area (Å²) in [6.45, 7) is 2.01. The van der Waals surface area contributed by atoms with Gasteiger partial charge in [0.25, 0.3) is 0 Å². The lowest BCUT2D eigenvalue weighted by Gasteiger charge is -2.08. The van der Waals surface area contributed by atoms with Gasteiger partial charge in [0.15, 0.2) is 0 Å². The predicted molar refractivity (Wildman–Crippen MR) is 124 cm³/mol. The molecule has 5 heteroatoms. The highest BCUT2D eigenvalue weighted by Crippen LogP contribution is 2.29. The van der Waals surface area contributed by atoms with Crippen LogP contribution >= 0.6 is 11.8 Å². The third kappa shape index (κ3) is 5.53. The van der Waals surface area contributed by atoms with E-state index in [1.807, 2.05) is 78.9 Å². The molecule has 4 nitrogen and oxygen atoms in total. The molecule has 0 fully saturated rings. The molecule has 1 heterocycles. The van der Waals surface area contributed by atoms with E-state index in [-0.39, 0.29) is 0 Å². The topological polar surface area (TPSA) is 59.4 Å². The summed E-state index contributed by atoms with van der Waals surface area (Å²) in [7, 11) is 0. The number of aromatic nitrogens is 1. The lowest BCUT2D eigenvalue weighted by Crippen LogP contribution is -1.98. The third-order valence-corrected chi connectivity index (χ3v) is 5.72. The molecule has 0 amide bonds. The van der Waals surface area contributed by atoms with Crippen LogP contribution in [0.4, 0.5) is 0 Å². The Morgan fingerprint density at radius 3 is 2.32 bits per heavy atom. The number of hydrogen-bond donors (Lipinski definition) is 1. The molecule has 0 saturated carbocycles. The van der Waals surface area contributed by atoms with Gasteiger partial charge in [-0.3, -0.25) is 0 Å². The molecular formula is C26H21NO3S. The molecule has 0 aliphatic carbocycles. The number of pyridine rings is 1. The van der Waals surface area contributed by atoms with Crippen LogP contribution < -0.4 is 4.74 Å². The Morgan fingerprint density at radius 1 is 0.935 bits per heavy atom. The van der Waals surface area contributed by atoms with E-state index in [0.29, 0.717) is 12.2 Å². The fraction of sp³-hybridized carbons (Fsp3) is 0.0769. The second-order valence-electron chi connectivity index (χ2n) is 7.06. The minimum absolute atomic E-state index is 0.315. The van der Waals surface area contributed by atoms with Crippen molar-refractivity contribution in [1.82, 2.24) is 4.98 Å². The maximum atomic E-state index is 10.9. The number of carboxylic acids is 1. The van der Waals surface area contributed by atoms with Gasteiger partial charge in [-0.2, -0.15) is 0 Å². The zero-order chi connectivity index (χ0) is 21.6. The van der Waals surface area contributed by atoms with Crippen molar-refractivity contribution < 1.29 is 14.6 Å². The van der Waals surface area contributed by atoms with Gasteiger partial charge in [-0.1, -0.05) is 48.2 Å². The van der Waals surface area contributed by atoms with Crippen molar-refractivity contribution in [3.8, 4) is 5.75 Å². The highest BCUT2D eigenvalue weighted by molar-refractivity contribution is 7.99. The molecule has 0 unspecified atom stereocenters. The normalized spacial score (nSPS) is 11.5. The molecule has 31 heavy (non-hydrogen) atoms. The Balaban J connectivity index is 1.35. The van der Waals surface area contributed by atoms with Crippen LogP contribution in [0.2, 0.25) is 0 Å². The number of aliphatic carboxylic acids is 1. The molecule has 0 radical (unpaired) electrons. The standard InChI is InChI=1S/C26H21NO3S/c1-18(26(28)29)16-19-6-12-23(13-7-19)31-24-14-10-22(11-15-24)30-17-21-9-8-20-4-2-3-5-25(20)27-21/h2-16H,17H2,1H3,(H,28,29). The van der Waals surface area contributed by atoms with Crippen LogP contribution in [0.15, 0.2) is 100 Å². The van der Waals surface area contributed by atoms with E-state index in [2.05, 4.69) is 11.1 Å². The van der Waals surface area contributed by atoms with Crippen molar-refractivity contribution in [3.05, 3.63) is 102 Å². The van der Waals surface area contributed by atoms with Gasteiger partial charge in [0.1, 0.15) is 12.4 Å². The first kappa shape index (κ1) is 20.7. The number of hydrogen-bond acceptors (Lipinski definition) is 4. The molecule has 1 N–H and O–H groups in total. The number of para-hydroxylation sites is 1. The van der Waals surface area contributed by atoms with Crippen LogP contribution in [-0.4, -0.2) is 16.1 Å². The first-order valence-corrected chi connectivity index (χ1v) is 10.7. The number of nitrogens with zero attached hydrogens (tertiary/aromatic N) is 1. The van der Waals surface area contributed by atoms with Crippen molar-refractivity contribution in [2.45, 2.75) is 23.3 Å². The maximum Gasteiger partial charge on any atom is 0.331 e. The number of benzene rings is 3. The molecule has 0 saturated heterocycles. The van der Waals surface area contributed by atoms with Crippen molar-refractivity contribution >= 4 is 34.7 Å². The monoisotopic (exact) mass is 427 g/mol. The Morgan fingerprint density at radius 2 is 1.61 bits per heavy atom. The van der Waals surface area contributed by atoms with Crippen molar-refractivity contribution in [2.24, 2.45) is 0 Å². The first-order chi connectivity index (χ1) is 15.1. The molecular weight excluding hydrogens is 406 g/mol. The zero-order valence-electron chi connectivity index (χ0n) is 17.0. The molecule has 1 aromatic heterocycles. The molecule has 0 atom stereocenters. The van der Waals surface area contributed by atoms with Gasteiger partial charge in [0.2, 0.25) is 0 Å². The smallest absolute Gasteiger partial charge is 0.331 e. The SMILES string of the molecule is CC(=Cc1ccc(Sc2ccc(OCc3ccc4ccccc4n3)cc2)cc1)C(=O)O. The van der Waals surface area contributed by atoms with Crippen LogP contribution in [0, 0.1) is 0 Å². The first-order valence-electron chi connectivity index (χ1n) is 9.84. The van der Waals surface area contributed by atoms with Crippen LogP contribution in [0.1, 0.15) is 18.2 Å². The lowest BCUT2D eigenvalue weighted by atomic mass is 10.1. The van der Waals surface area contributed by atoms with Crippen LogP contribution in [0.5, 0.6) is 5.75 Å². The third-order valence-electron chi connectivity index (χ3n) is 4.70. The van der Waals surface area contributed by atoms with Gasteiger partial charge in [0.05, 0.1) is 11.2 Å². The minimum atomic E-state index is -0.905. The Labute approximate surface area is 185 Å². The average molecular weight is 428 g/mol. The molecule has 3 aromatic carbocycles. The number of fused-ring (bicyclic) bond motifs is 1. The largest absolute Gasteiger partial charge is 0.487 e. The Kier molecular flexibility index (Phi) is 6.34. The van der Waals surface area contributed by atoms with E-state index in [1.165, 1.54) is 0 Å². The van der Waals surface area contributed by atoms with Crippen LogP contribution in [0.25, 0.3) is 17.0 Å². The van der Waals surface area contributed by atoms with Crippen LogP contribution in [0.3, 0.4) is 0 Å². The van der Waals surface area contributed by atoms with Crippen LogP contribution in [-0.2, 0) is 11.4 Å². The zero-order valence-corrected chi connectivity index (χ0v) is 17.8. The lowest BCUT2D eigenvalue weighted by molar-refractivity contribution is -0.132. The van der Waals surface area contributed by atoms with Gasteiger partial charge in [-0.25, -0.2) is 9.78 Å². The molecule has 154 valence electrons. The number of ether oxygens (including phenoxy) is 1. The molecule has 4 aromatic rings. The quantitative estimate of drug-likeness (QED) is 0.343. The van der Waals surface area contributed by atoms with Gasteiger partial charge in [0, 0.05) is 20.8 Å². The van der Waals surface area contributed by atoms with Gasteiger partial charge in [-0.05, 0) is 67.1 Å². The van der Waals surface area contributed by atoms with E-state index in [4.69, 9.17) is 9.84 Å². The average Bonchev–Trinajstić information content (AvgIpc) is 2.79. The molecule has 4 rings (SSSR count). The summed E-state index contributed by atoms with van der Waals surface area (Å²) < 4.78 is 5.89.